The Morgan fingerprint density at radius 2 is 2.28 bits per heavy atom. The molecule has 1 amide bonds. The number of hydrogen-bond acceptors (Lipinski definition) is 4. The third-order valence-electron chi connectivity index (χ3n) is 5.41. The molecule has 6 heteroatoms. The molecule has 2 aliphatic rings. The number of H-pyrrole nitrogens is 1. The number of aromatic nitrogens is 2. The minimum absolute atomic E-state index is 0.0204. The number of fused-ring (bicyclic) bond motifs is 1. The lowest BCUT2D eigenvalue weighted by Crippen LogP contribution is -2.43. The van der Waals surface area contributed by atoms with Crippen molar-refractivity contribution in [2.75, 3.05) is 13.2 Å². The molecule has 1 aliphatic heterocycles. The van der Waals surface area contributed by atoms with Gasteiger partial charge in [0.2, 0.25) is 5.91 Å². The molecule has 0 bridgehead atoms. The summed E-state index contributed by atoms with van der Waals surface area (Å²) in [5, 5.41) is 11.4. The lowest BCUT2D eigenvalue weighted by molar-refractivity contribution is -0.126. The van der Waals surface area contributed by atoms with Crippen LogP contribution in [0.25, 0.3) is 10.9 Å². The van der Waals surface area contributed by atoms with Gasteiger partial charge in [0, 0.05) is 30.0 Å². The third kappa shape index (κ3) is 3.49. The van der Waals surface area contributed by atoms with Gasteiger partial charge in [-0.2, -0.15) is 5.10 Å². The average Bonchev–Trinajstić information content (AvgIpc) is 3.29. The molecule has 25 heavy (non-hydrogen) atoms. The number of aryl methyl sites for hydroxylation is 1. The van der Waals surface area contributed by atoms with E-state index >= 15 is 0 Å². The van der Waals surface area contributed by atoms with Gasteiger partial charge in [0.15, 0.2) is 0 Å². The second kappa shape index (κ2) is 7.04. The van der Waals surface area contributed by atoms with Crippen LogP contribution in [0.3, 0.4) is 0 Å². The van der Waals surface area contributed by atoms with Crippen LogP contribution in [0.2, 0.25) is 0 Å². The molecule has 2 N–H and O–H groups in total. The average molecular weight is 343 g/mol. The summed E-state index contributed by atoms with van der Waals surface area (Å²) in [4.78, 5) is 12.3. The van der Waals surface area contributed by atoms with Crippen LogP contribution in [0.5, 0.6) is 5.75 Å². The molecule has 1 unspecified atom stereocenters. The lowest BCUT2D eigenvalue weighted by Gasteiger charge is -2.31. The number of nitrogens with zero attached hydrogens (tertiary/aromatic N) is 1. The van der Waals surface area contributed by atoms with Crippen LogP contribution >= 0.6 is 0 Å². The third-order valence-corrected chi connectivity index (χ3v) is 5.41. The Kier molecular flexibility index (Phi) is 4.61. The van der Waals surface area contributed by atoms with Gasteiger partial charge >= 0.3 is 0 Å². The lowest BCUT2D eigenvalue weighted by atomic mass is 9.92. The van der Waals surface area contributed by atoms with Gasteiger partial charge < -0.3 is 14.8 Å². The van der Waals surface area contributed by atoms with E-state index in [4.69, 9.17) is 9.47 Å². The highest BCUT2D eigenvalue weighted by Crippen LogP contribution is 2.30. The van der Waals surface area contributed by atoms with Gasteiger partial charge in [-0.05, 0) is 44.7 Å². The number of carbonyl (C=O) groups is 1. The van der Waals surface area contributed by atoms with Gasteiger partial charge in [0.05, 0.1) is 24.2 Å². The van der Waals surface area contributed by atoms with E-state index in [1.165, 1.54) is 0 Å². The van der Waals surface area contributed by atoms with Gasteiger partial charge in [0.25, 0.3) is 0 Å². The largest absolute Gasteiger partial charge is 0.490 e. The van der Waals surface area contributed by atoms with E-state index in [1.807, 2.05) is 18.3 Å². The normalized spacial score (nSPS) is 26.7. The number of nitrogens with one attached hydrogen (secondary N) is 2. The van der Waals surface area contributed by atoms with Gasteiger partial charge in [-0.1, -0.05) is 0 Å². The zero-order chi connectivity index (χ0) is 17.2. The minimum atomic E-state index is 0.0204. The van der Waals surface area contributed by atoms with Crippen molar-refractivity contribution in [3.63, 3.8) is 0 Å². The zero-order valence-electron chi connectivity index (χ0n) is 14.6. The quantitative estimate of drug-likeness (QED) is 0.895. The Hall–Kier alpha value is -2.08. The smallest absolute Gasteiger partial charge is 0.225 e. The molecule has 1 saturated heterocycles. The highest BCUT2D eigenvalue weighted by atomic mass is 16.5. The van der Waals surface area contributed by atoms with Crippen LogP contribution in [0.4, 0.5) is 0 Å². The van der Waals surface area contributed by atoms with E-state index in [2.05, 4.69) is 22.4 Å². The molecule has 4 rings (SSSR count). The monoisotopic (exact) mass is 343 g/mol. The maximum Gasteiger partial charge on any atom is 0.225 e. The van der Waals surface area contributed by atoms with Gasteiger partial charge in [-0.25, -0.2) is 0 Å². The molecular formula is C19H25N3O3. The topological polar surface area (TPSA) is 76.2 Å². The molecule has 1 aromatic heterocycles. The Morgan fingerprint density at radius 3 is 3.12 bits per heavy atom. The molecule has 2 fully saturated rings. The predicted molar refractivity (Wildman–Crippen MR) is 94.6 cm³/mol. The summed E-state index contributed by atoms with van der Waals surface area (Å²) < 4.78 is 11.6. The van der Waals surface area contributed by atoms with E-state index in [9.17, 15) is 4.79 Å². The number of hydrogen-bond donors (Lipinski definition) is 2. The van der Waals surface area contributed by atoms with Crippen LogP contribution in [0.15, 0.2) is 18.3 Å². The van der Waals surface area contributed by atoms with Crippen LogP contribution in [-0.2, 0) is 9.53 Å². The molecule has 0 spiro atoms. The first-order chi connectivity index (χ1) is 12.2. The summed E-state index contributed by atoms with van der Waals surface area (Å²) in [7, 11) is 0. The maximum absolute atomic E-state index is 12.3. The first kappa shape index (κ1) is 16.4. The number of benzene rings is 1. The van der Waals surface area contributed by atoms with Gasteiger partial charge in [0.1, 0.15) is 11.9 Å². The van der Waals surface area contributed by atoms with Gasteiger partial charge in [-0.3, -0.25) is 9.89 Å². The van der Waals surface area contributed by atoms with E-state index in [-0.39, 0.29) is 24.0 Å². The van der Waals surface area contributed by atoms with Crippen LogP contribution in [0.1, 0.15) is 37.7 Å². The molecule has 134 valence electrons. The van der Waals surface area contributed by atoms with Crippen molar-refractivity contribution in [1.82, 2.24) is 15.5 Å². The fourth-order valence-electron chi connectivity index (χ4n) is 3.89. The number of ether oxygens (including phenoxy) is 2. The molecule has 1 aliphatic carbocycles. The number of rotatable bonds is 4. The van der Waals surface area contributed by atoms with Crippen molar-refractivity contribution < 1.29 is 14.3 Å². The Balaban J connectivity index is 1.38. The van der Waals surface area contributed by atoms with Crippen molar-refractivity contribution in [3.05, 3.63) is 23.9 Å². The fraction of sp³-hybridized carbons (Fsp3) is 0.579. The van der Waals surface area contributed by atoms with Crippen LogP contribution in [0, 0.1) is 12.8 Å². The molecule has 0 radical (unpaired) electrons. The molecule has 2 aromatic rings. The van der Waals surface area contributed by atoms with Gasteiger partial charge in [-0.15, -0.1) is 0 Å². The van der Waals surface area contributed by atoms with E-state index in [1.54, 1.807) is 0 Å². The van der Waals surface area contributed by atoms with E-state index in [0.29, 0.717) is 13.2 Å². The predicted octanol–water partition coefficient (Wildman–Crippen LogP) is 2.71. The Labute approximate surface area is 147 Å². The second-order valence-corrected chi connectivity index (χ2v) is 7.19. The summed E-state index contributed by atoms with van der Waals surface area (Å²) in [6.07, 6.45) is 6.81. The second-order valence-electron chi connectivity index (χ2n) is 7.19. The highest BCUT2D eigenvalue weighted by molar-refractivity contribution is 5.83. The van der Waals surface area contributed by atoms with Crippen molar-refractivity contribution in [2.45, 2.75) is 51.2 Å². The first-order valence-electron chi connectivity index (χ1n) is 9.18. The summed E-state index contributed by atoms with van der Waals surface area (Å²) in [5.74, 6) is 1.07. The number of amides is 1. The molecule has 6 nitrogen and oxygen atoms in total. The highest BCUT2D eigenvalue weighted by Gasteiger charge is 2.29. The molecule has 1 saturated carbocycles. The van der Waals surface area contributed by atoms with Crippen molar-refractivity contribution in [1.29, 1.82) is 0 Å². The molecule has 3 atom stereocenters. The Bertz CT molecular complexity index is 751. The Morgan fingerprint density at radius 1 is 1.36 bits per heavy atom. The standard InChI is InChI=1S/C19H25N3O3/c1-12-16-10-20-22-17(16)5-6-18(12)25-15-4-2-3-14(9-15)21-19(23)13-7-8-24-11-13/h5-6,10,13-15H,2-4,7-9,11H2,1H3,(H,20,22)(H,21,23)/t13?,14-,15+/m1/s1. The van der Waals surface area contributed by atoms with Crippen LogP contribution in [-0.4, -0.2) is 41.5 Å². The summed E-state index contributed by atoms with van der Waals surface area (Å²) in [6, 6.07) is 4.21. The molecular weight excluding hydrogens is 318 g/mol. The van der Waals surface area contributed by atoms with E-state index in [0.717, 1.165) is 54.3 Å². The number of carbonyl (C=O) groups excluding carboxylic acids is 1. The first-order valence-corrected chi connectivity index (χ1v) is 9.18. The van der Waals surface area contributed by atoms with Crippen LogP contribution < -0.4 is 10.1 Å². The van der Waals surface area contributed by atoms with Crippen molar-refractivity contribution >= 4 is 16.8 Å². The maximum atomic E-state index is 12.3. The number of aromatic amines is 1. The fourth-order valence-corrected chi connectivity index (χ4v) is 3.89. The molecule has 2 heterocycles. The van der Waals surface area contributed by atoms with Crippen molar-refractivity contribution in [2.24, 2.45) is 5.92 Å². The summed E-state index contributed by atoms with van der Waals surface area (Å²) in [5.41, 5.74) is 2.14. The summed E-state index contributed by atoms with van der Waals surface area (Å²) in [6.45, 7) is 3.32. The zero-order valence-corrected chi connectivity index (χ0v) is 14.6. The molecule has 1 aromatic carbocycles. The minimum Gasteiger partial charge on any atom is -0.490 e. The van der Waals surface area contributed by atoms with E-state index < -0.39 is 0 Å². The SMILES string of the molecule is Cc1c(O[C@H]2CCC[C@@H](NC(=O)C3CCOC3)C2)ccc2[nH]ncc12. The van der Waals surface area contributed by atoms with Crippen molar-refractivity contribution in [3.8, 4) is 5.75 Å². The summed E-state index contributed by atoms with van der Waals surface area (Å²) >= 11 is 0.